The van der Waals surface area contributed by atoms with E-state index in [9.17, 15) is 0 Å². The van der Waals surface area contributed by atoms with Gasteiger partial charge in [-0.15, -0.1) is 0 Å². The molecule has 0 bridgehead atoms. The van der Waals surface area contributed by atoms with Crippen LogP contribution in [0.1, 0.15) is 47.9 Å². The Bertz CT molecular complexity index is 2830. The van der Waals surface area contributed by atoms with Gasteiger partial charge in [0.05, 0.1) is 0 Å². The van der Waals surface area contributed by atoms with Gasteiger partial charge >= 0.3 is 0 Å². The van der Waals surface area contributed by atoms with Gasteiger partial charge in [0.25, 0.3) is 0 Å². The Labute approximate surface area is 348 Å². The first-order chi connectivity index (χ1) is 29.3. The Morgan fingerprint density at radius 2 is 0.627 bits per heavy atom. The maximum absolute atomic E-state index is 2.50. The van der Waals surface area contributed by atoms with Crippen LogP contribution in [0.15, 0.2) is 188 Å². The van der Waals surface area contributed by atoms with Crippen molar-refractivity contribution in [1.29, 1.82) is 0 Å². The van der Waals surface area contributed by atoms with Crippen LogP contribution in [0.2, 0.25) is 0 Å². The van der Waals surface area contributed by atoms with Crippen molar-refractivity contribution in [1.82, 2.24) is 0 Å². The highest BCUT2D eigenvalue weighted by Crippen LogP contribution is 2.47. The Morgan fingerprint density at radius 3 is 1.10 bits per heavy atom. The van der Waals surface area contributed by atoms with Crippen LogP contribution in [0, 0.1) is 0 Å². The van der Waals surface area contributed by atoms with Crippen LogP contribution in [0.4, 0.5) is 17.1 Å². The molecule has 9 aromatic carbocycles. The summed E-state index contributed by atoms with van der Waals surface area (Å²) in [5.74, 6) is 0. The van der Waals surface area contributed by atoms with E-state index in [1.807, 2.05) is 0 Å². The topological polar surface area (TPSA) is 3.24 Å². The minimum absolute atomic E-state index is 1.13. The summed E-state index contributed by atoms with van der Waals surface area (Å²) >= 11 is 0. The number of anilines is 3. The zero-order valence-electron chi connectivity index (χ0n) is 33.5. The van der Waals surface area contributed by atoms with E-state index >= 15 is 0 Å². The Balaban J connectivity index is 1.00. The average Bonchev–Trinajstić information content (AvgIpc) is 3.32. The molecule has 0 N–H and O–H groups in total. The van der Waals surface area contributed by atoms with E-state index in [2.05, 4.69) is 193 Å². The molecule has 0 aromatic heterocycles. The Hall–Kier alpha value is -6.70. The molecular weight excluding hydrogens is 711 g/mol. The van der Waals surface area contributed by atoms with E-state index in [0.29, 0.717) is 0 Å². The summed E-state index contributed by atoms with van der Waals surface area (Å²) in [7, 11) is 0. The molecule has 0 amide bonds. The van der Waals surface area contributed by atoms with Gasteiger partial charge in [-0.1, -0.05) is 146 Å². The highest BCUT2D eigenvalue weighted by Gasteiger charge is 2.28. The smallest absolute Gasteiger partial charge is 0.0468 e. The van der Waals surface area contributed by atoms with Gasteiger partial charge in [0.1, 0.15) is 0 Å². The SMILES string of the molecule is c1ccc(-c2ccc(N(c3ccc(-c4ccccc4)cc3)c3ccc4c(ccc5cc(-c6c7c(c(-c8ccccc8)c8c6CCCC8)CCCC7)ccc54)c3)cc2)cc1. The van der Waals surface area contributed by atoms with Crippen LogP contribution < -0.4 is 4.90 Å². The molecule has 1 heteroatoms. The van der Waals surface area contributed by atoms with E-state index in [0.717, 1.165) is 17.1 Å². The number of fused-ring (bicyclic) bond motifs is 5. The number of rotatable bonds is 7. The van der Waals surface area contributed by atoms with E-state index in [1.54, 1.807) is 33.4 Å². The zero-order valence-corrected chi connectivity index (χ0v) is 33.5. The van der Waals surface area contributed by atoms with Crippen LogP contribution >= 0.6 is 0 Å². The molecule has 1 nitrogen and oxygen atoms in total. The molecule has 0 fully saturated rings. The van der Waals surface area contributed by atoms with Crippen molar-refractivity contribution in [2.24, 2.45) is 0 Å². The molecule has 11 rings (SSSR count). The fourth-order valence-electron chi connectivity index (χ4n) is 10.2. The molecule has 0 atom stereocenters. The fourth-order valence-corrected chi connectivity index (χ4v) is 10.2. The normalized spacial score (nSPS) is 13.6. The van der Waals surface area contributed by atoms with Crippen molar-refractivity contribution in [2.75, 3.05) is 4.90 Å². The monoisotopic (exact) mass is 757 g/mol. The first kappa shape index (κ1) is 35.5. The van der Waals surface area contributed by atoms with Crippen molar-refractivity contribution in [3.05, 3.63) is 210 Å². The molecule has 0 unspecified atom stereocenters. The molecule has 0 aliphatic heterocycles. The molecular formula is C58H47N. The summed E-state index contributed by atoms with van der Waals surface area (Å²) in [5.41, 5.74) is 20.7. The second-order valence-corrected chi connectivity index (χ2v) is 16.5. The minimum Gasteiger partial charge on any atom is -0.310 e. The van der Waals surface area contributed by atoms with Crippen LogP contribution in [0.3, 0.4) is 0 Å². The third kappa shape index (κ3) is 6.52. The van der Waals surface area contributed by atoms with Crippen molar-refractivity contribution < 1.29 is 0 Å². The van der Waals surface area contributed by atoms with Crippen molar-refractivity contribution in [2.45, 2.75) is 51.4 Å². The molecule has 0 spiro atoms. The number of benzene rings is 9. The van der Waals surface area contributed by atoms with E-state index in [4.69, 9.17) is 0 Å². The summed E-state index contributed by atoms with van der Waals surface area (Å²) in [5, 5.41) is 5.16. The second kappa shape index (κ2) is 15.2. The van der Waals surface area contributed by atoms with Crippen LogP contribution in [0.25, 0.3) is 66.1 Å². The van der Waals surface area contributed by atoms with Crippen molar-refractivity contribution in [3.8, 4) is 44.5 Å². The lowest BCUT2D eigenvalue weighted by Gasteiger charge is -2.32. The number of hydrogen-bond donors (Lipinski definition) is 0. The lowest BCUT2D eigenvalue weighted by molar-refractivity contribution is 0.662. The molecule has 284 valence electrons. The summed E-state index contributed by atoms with van der Waals surface area (Å²) in [4.78, 5) is 2.39. The molecule has 9 aromatic rings. The lowest BCUT2D eigenvalue weighted by atomic mass is 9.73. The summed E-state index contributed by atoms with van der Waals surface area (Å²) in [6.45, 7) is 0. The molecule has 59 heavy (non-hydrogen) atoms. The number of hydrogen-bond acceptors (Lipinski definition) is 1. The zero-order chi connectivity index (χ0) is 39.1. The van der Waals surface area contributed by atoms with Gasteiger partial charge in [-0.25, -0.2) is 0 Å². The molecule has 0 saturated heterocycles. The van der Waals surface area contributed by atoms with Gasteiger partial charge in [-0.3, -0.25) is 0 Å². The highest BCUT2D eigenvalue weighted by atomic mass is 15.1. The molecule has 2 aliphatic carbocycles. The van der Waals surface area contributed by atoms with Crippen molar-refractivity contribution >= 4 is 38.6 Å². The molecule has 2 aliphatic rings. The van der Waals surface area contributed by atoms with Gasteiger partial charge in [0.2, 0.25) is 0 Å². The van der Waals surface area contributed by atoms with Crippen LogP contribution in [-0.2, 0) is 25.7 Å². The first-order valence-electron chi connectivity index (χ1n) is 21.6. The van der Waals surface area contributed by atoms with Gasteiger partial charge in [0, 0.05) is 17.1 Å². The predicted octanol–water partition coefficient (Wildman–Crippen LogP) is 15.9. The second-order valence-electron chi connectivity index (χ2n) is 16.5. The highest BCUT2D eigenvalue weighted by molar-refractivity contribution is 6.10. The van der Waals surface area contributed by atoms with Crippen molar-refractivity contribution in [3.63, 3.8) is 0 Å². The third-order valence-corrected chi connectivity index (χ3v) is 13.0. The lowest BCUT2D eigenvalue weighted by Crippen LogP contribution is -2.15. The summed E-state index contributed by atoms with van der Waals surface area (Å²) in [6.07, 6.45) is 9.85. The van der Waals surface area contributed by atoms with E-state index in [-0.39, 0.29) is 0 Å². The maximum atomic E-state index is 2.50. The van der Waals surface area contributed by atoms with Gasteiger partial charge in [0.15, 0.2) is 0 Å². The average molecular weight is 758 g/mol. The van der Waals surface area contributed by atoms with Gasteiger partial charge in [-0.2, -0.15) is 0 Å². The first-order valence-corrected chi connectivity index (χ1v) is 21.6. The number of nitrogens with zero attached hydrogens (tertiary/aromatic N) is 1. The van der Waals surface area contributed by atoms with E-state index < -0.39 is 0 Å². The quantitative estimate of drug-likeness (QED) is 0.146. The largest absolute Gasteiger partial charge is 0.310 e. The maximum Gasteiger partial charge on any atom is 0.0468 e. The van der Waals surface area contributed by atoms with Gasteiger partial charge in [-0.05, 0) is 182 Å². The minimum atomic E-state index is 1.13. The molecule has 0 heterocycles. The predicted molar refractivity (Wildman–Crippen MR) is 251 cm³/mol. The standard InChI is InChI=1S/C58H47N/c1-4-14-40(15-5-1)42-26-31-48(32-27-42)59(49-33-28-43(29-34-49)41-16-6-2-7-17-41)50-35-37-52-46(39-50)25-24-45-38-47(30-36-51(45)52)58-55-22-12-10-20-53(55)57(44-18-8-3-9-19-44)54-21-11-13-23-56(54)58/h1-9,14-19,24-39H,10-13,20-23H2. The van der Waals surface area contributed by atoms with Crippen LogP contribution in [-0.4, -0.2) is 0 Å². The molecule has 0 radical (unpaired) electrons. The molecule has 0 saturated carbocycles. The third-order valence-electron chi connectivity index (χ3n) is 13.0. The fraction of sp³-hybridized carbons (Fsp3) is 0.138. The van der Waals surface area contributed by atoms with Crippen LogP contribution in [0.5, 0.6) is 0 Å². The Kier molecular flexibility index (Phi) is 9.16. The summed E-state index contributed by atoms with van der Waals surface area (Å²) in [6, 6.07) is 69.6. The van der Waals surface area contributed by atoms with E-state index in [1.165, 1.54) is 106 Å². The van der Waals surface area contributed by atoms with Gasteiger partial charge < -0.3 is 4.90 Å². The Morgan fingerprint density at radius 1 is 0.271 bits per heavy atom. The summed E-state index contributed by atoms with van der Waals surface area (Å²) < 4.78 is 0.